The molecular formula is C23H21BrN6O2. The lowest BCUT2D eigenvalue weighted by Gasteiger charge is -2.28. The zero-order chi connectivity index (χ0) is 22.3. The molecule has 162 valence electrons. The molecule has 0 saturated carbocycles. The Hall–Kier alpha value is -3.48. The lowest BCUT2D eigenvalue weighted by Crippen LogP contribution is -2.36. The molecule has 1 amide bonds. The number of ether oxygens (including phenoxy) is 1. The second-order valence-electron chi connectivity index (χ2n) is 7.10. The number of anilines is 3. The van der Waals surface area contributed by atoms with Crippen LogP contribution in [0.25, 0.3) is 0 Å². The summed E-state index contributed by atoms with van der Waals surface area (Å²) in [4.78, 5) is 23.5. The van der Waals surface area contributed by atoms with E-state index in [4.69, 9.17) is 4.74 Å². The number of nitriles is 1. The van der Waals surface area contributed by atoms with Gasteiger partial charge in [-0.25, -0.2) is 9.97 Å². The molecule has 0 spiro atoms. The van der Waals surface area contributed by atoms with Crippen molar-refractivity contribution >= 4 is 39.2 Å². The van der Waals surface area contributed by atoms with Crippen molar-refractivity contribution in [3.63, 3.8) is 0 Å². The standard InChI is InChI=1S/C23H21BrN6O2/c24-19-15-26-23(27-17-6-8-18(9-7-17)30-10-12-32-13-11-30)29-21(19)20(14-25)28-22(31)16-4-2-1-3-5-16/h1-9,15,20H,10-13H2,(H,28,31)(H,26,27,29). The molecule has 1 saturated heterocycles. The van der Waals surface area contributed by atoms with Gasteiger partial charge >= 0.3 is 0 Å². The van der Waals surface area contributed by atoms with E-state index < -0.39 is 6.04 Å². The summed E-state index contributed by atoms with van der Waals surface area (Å²) in [5, 5.41) is 15.5. The van der Waals surface area contributed by atoms with Crippen molar-refractivity contribution in [3.8, 4) is 6.07 Å². The van der Waals surface area contributed by atoms with Crippen LogP contribution in [-0.2, 0) is 4.74 Å². The highest BCUT2D eigenvalue weighted by atomic mass is 79.9. The Bertz CT molecular complexity index is 1110. The molecule has 1 fully saturated rings. The van der Waals surface area contributed by atoms with E-state index in [9.17, 15) is 10.1 Å². The van der Waals surface area contributed by atoms with Crippen molar-refractivity contribution in [1.82, 2.24) is 15.3 Å². The zero-order valence-corrected chi connectivity index (χ0v) is 18.7. The molecule has 4 rings (SSSR count). The molecule has 2 aromatic carbocycles. The predicted octanol–water partition coefficient (Wildman–Crippen LogP) is 3.81. The zero-order valence-electron chi connectivity index (χ0n) is 17.2. The number of hydrogen-bond acceptors (Lipinski definition) is 7. The molecule has 32 heavy (non-hydrogen) atoms. The molecule has 3 aromatic rings. The van der Waals surface area contributed by atoms with Gasteiger partial charge in [-0.2, -0.15) is 5.26 Å². The second-order valence-corrected chi connectivity index (χ2v) is 7.95. The minimum atomic E-state index is -0.940. The quantitative estimate of drug-likeness (QED) is 0.538. The molecule has 2 heterocycles. The van der Waals surface area contributed by atoms with E-state index in [-0.39, 0.29) is 5.91 Å². The van der Waals surface area contributed by atoms with Crippen molar-refractivity contribution in [2.45, 2.75) is 6.04 Å². The molecule has 1 aromatic heterocycles. The first-order valence-electron chi connectivity index (χ1n) is 10.1. The number of rotatable bonds is 6. The van der Waals surface area contributed by atoms with Gasteiger partial charge in [-0.05, 0) is 52.3 Å². The smallest absolute Gasteiger partial charge is 0.252 e. The summed E-state index contributed by atoms with van der Waals surface area (Å²) in [6.07, 6.45) is 1.56. The van der Waals surface area contributed by atoms with Gasteiger partial charge in [-0.1, -0.05) is 18.2 Å². The van der Waals surface area contributed by atoms with Crippen LogP contribution >= 0.6 is 15.9 Å². The fraction of sp³-hybridized carbons (Fsp3) is 0.217. The molecular weight excluding hydrogens is 472 g/mol. The number of aromatic nitrogens is 2. The highest BCUT2D eigenvalue weighted by molar-refractivity contribution is 9.10. The fourth-order valence-corrected chi connectivity index (χ4v) is 3.73. The first kappa shape index (κ1) is 21.7. The molecule has 1 aliphatic rings. The van der Waals surface area contributed by atoms with Crippen LogP contribution in [0.15, 0.2) is 65.3 Å². The Labute approximate surface area is 194 Å². The third kappa shape index (κ3) is 5.22. The van der Waals surface area contributed by atoms with Crippen molar-refractivity contribution in [3.05, 3.63) is 76.5 Å². The maximum Gasteiger partial charge on any atom is 0.252 e. The largest absolute Gasteiger partial charge is 0.378 e. The summed E-state index contributed by atoms with van der Waals surface area (Å²) >= 11 is 3.39. The summed E-state index contributed by atoms with van der Waals surface area (Å²) in [5.41, 5.74) is 2.79. The SMILES string of the molecule is N#CC(NC(=O)c1ccccc1)c1nc(Nc2ccc(N3CCOCC3)cc2)ncc1Br. The number of benzene rings is 2. The lowest BCUT2D eigenvalue weighted by atomic mass is 10.1. The summed E-state index contributed by atoms with van der Waals surface area (Å²) in [5.74, 6) is -0.0209. The summed E-state index contributed by atoms with van der Waals surface area (Å²) in [7, 11) is 0. The normalized spacial score (nSPS) is 14.3. The highest BCUT2D eigenvalue weighted by Crippen LogP contribution is 2.25. The summed E-state index contributed by atoms with van der Waals surface area (Å²) in [6.45, 7) is 3.21. The van der Waals surface area contributed by atoms with Crippen molar-refractivity contribution in [1.29, 1.82) is 5.26 Å². The van der Waals surface area contributed by atoms with Gasteiger partial charge < -0.3 is 20.3 Å². The first-order valence-corrected chi connectivity index (χ1v) is 10.9. The Kier molecular flexibility index (Phi) is 6.94. The summed E-state index contributed by atoms with van der Waals surface area (Å²) < 4.78 is 5.93. The second kappa shape index (κ2) is 10.2. The van der Waals surface area contributed by atoms with Crippen molar-refractivity contribution in [2.75, 3.05) is 36.5 Å². The number of morpholine rings is 1. The Morgan fingerprint density at radius 3 is 2.53 bits per heavy atom. The third-order valence-corrected chi connectivity index (χ3v) is 5.60. The molecule has 0 bridgehead atoms. The first-order chi connectivity index (χ1) is 15.6. The number of amides is 1. The van der Waals surface area contributed by atoms with Crippen LogP contribution in [-0.4, -0.2) is 42.2 Å². The minimum Gasteiger partial charge on any atom is -0.378 e. The van der Waals surface area contributed by atoms with E-state index in [2.05, 4.69) is 47.5 Å². The van der Waals surface area contributed by atoms with E-state index in [0.717, 1.165) is 37.7 Å². The van der Waals surface area contributed by atoms with E-state index in [1.165, 1.54) is 0 Å². The minimum absolute atomic E-state index is 0.330. The monoisotopic (exact) mass is 492 g/mol. The van der Waals surface area contributed by atoms with Crippen LogP contribution in [0.1, 0.15) is 22.1 Å². The predicted molar refractivity (Wildman–Crippen MR) is 125 cm³/mol. The maximum atomic E-state index is 12.5. The van der Waals surface area contributed by atoms with Gasteiger partial charge in [0.2, 0.25) is 5.95 Å². The summed E-state index contributed by atoms with van der Waals surface area (Å²) in [6, 6.07) is 17.9. The van der Waals surface area contributed by atoms with Gasteiger partial charge in [-0.15, -0.1) is 0 Å². The fourth-order valence-electron chi connectivity index (χ4n) is 3.31. The molecule has 9 heteroatoms. The van der Waals surface area contributed by atoms with Gasteiger partial charge in [-0.3, -0.25) is 4.79 Å². The van der Waals surface area contributed by atoms with Crippen LogP contribution in [0.2, 0.25) is 0 Å². The van der Waals surface area contributed by atoms with E-state index >= 15 is 0 Å². The van der Waals surface area contributed by atoms with Crippen LogP contribution in [0, 0.1) is 11.3 Å². The van der Waals surface area contributed by atoms with Gasteiger partial charge in [0.15, 0.2) is 6.04 Å². The average molecular weight is 493 g/mol. The Morgan fingerprint density at radius 1 is 1.12 bits per heavy atom. The molecule has 1 aliphatic heterocycles. The Morgan fingerprint density at radius 2 is 1.84 bits per heavy atom. The van der Waals surface area contributed by atoms with Crippen LogP contribution < -0.4 is 15.5 Å². The molecule has 1 unspecified atom stereocenters. The van der Waals surface area contributed by atoms with E-state index in [1.54, 1.807) is 30.5 Å². The van der Waals surface area contributed by atoms with Crippen LogP contribution in [0.5, 0.6) is 0 Å². The average Bonchev–Trinajstić information content (AvgIpc) is 2.85. The van der Waals surface area contributed by atoms with Crippen molar-refractivity contribution in [2.24, 2.45) is 0 Å². The molecule has 0 aliphatic carbocycles. The van der Waals surface area contributed by atoms with Crippen molar-refractivity contribution < 1.29 is 9.53 Å². The molecule has 1 atom stereocenters. The number of nitrogens with one attached hydrogen (secondary N) is 2. The number of carbonyl (C=O) groups excluding carboxylic acids is 1. The number of carbonyl (C=O) groups is 1. The van der Waals surface area contributed by atoms with E-state index in [0.29, 0.717) is 21.7 Å². The van der Waals surface area contributed by atoms with Gasteiger partial charge in [0.1, 0.15) is 0 Å². The van der Waals surface area contributed by atoms with Gasteiger partial charge in [0, 0.05) is 36.2 Å². The number of nitrogens with zero attached hydrogens (tertiary/aromatic N) is 4. The van der Waals surface area contributed by atoms with Gasteiger partial charge in [0.05, 0.1) is 29.4 Å². The van der Waals surface area contributed by atoms with Gasteiger partial charge in [0.25, 0.3) is 5.91 Å². The van der Waals surface area contributed by atoms with Crippen LogP contribution in [0.4, 0.5) is 17.3 Å². The maximum absolute atomic E-state index is 12.5. The Balaban J connectivity index is 1.48. The number of hydrogen-bond donors (Lipinski definition) is 2. The molecule has 8 nitrogen and oxygen atoms in total. The van der Waals surface area contributed by atoms with E-state index in [1.807, 2.05) is 30.3 Å². The highest BCUT2D eigenvalue weighted by Gasteiger charge is 2.20. The molecule has 0 radical (unpaired) electrons. The lowest BCUT2D eigenvalue weighted by molar-refractivity contribution is 0.0944. The topological polar surface area (TPSA) is 103 Å². The van der Waals surface area contributed by atoms with Crippen LogP contribution in [0.3, 0.4) is 0 Å². The third-order valence-electron chi connectivity index (χ3n) is 4.98. The molecule has 2 N–H and O–H groups in total. The number of halogens is 1.